The molecule has 0 fully saturated rings. The summed E-state index contributed by atoms with van der Waals surface area (Å²) >= 11 is 0. The first-order chi connectivity index (χ1) is 9.83. The molecule has 1 heterocycles. The van der Waals surface area contributed by atoms with Gasteiger partial charge < -0.3 is 4.42 Å². The van der Waals surface area contributed by atoms with Crippen molar-refractivity contribution in [3.05, 3.63) is 72.3 Å². The van der Waals surface area contributed by atoms with Crippen molar-refractivity contribution < 1.29 is 4.42 Å². The second-order valence-electron chi connectivity index (χ2n) is 5.15. The Kier molecular flexibility index (Phi) is 2.40. The van der Waals surface area contributed by atoms with Gasteiger partial charge in [0.1, 0.15) is 11.2 Å². The third-order valence-electron chi connectivity index (χ3n) is 3.74. The lowest BCUT2D eigenvalue weighted by molar-refractivity contribution is 0.670. The van der Waals surface area contributed by atoms with Gasteiger partial charge in [0.2, 0.25) is 0 Å². The molecule has 4 aromatic rings. The van der Waals surface area contributed by atoms with Gasteiger partial charge in [0.25, 0.3) is 0 Å². The molecule has 0 aliphatic rings. The molecule has 0 saturated carbocycles. The molecule has 1 aromatic heterocycles. The zero-order valence-electron chi connectivity index (χ0n) is 11.3. The zero-order valence-corrected chi connectivity index (χ0v) is 11.3. The molecule has 0 radical (unpaired) electrons. The summed E-state index contributed by atoms with van der Waals surface area (Å²) in [5, 5.41) is 2.38. The maximum atomic E-state index is 6.09. The minimum absolute atomic E-state index is 0.953. The molecule has 0 atom stereocenters. The second-order valence-corrected chi connectivity index (χ2v) is 5.15. The smallest absolute Gasteiger partial charge is 0.143 e. The molecule has 0 aliphatic carbocycles. The average Bonchev–Trinajstić information content (AvgIpc) is 2.86. The second kappa shape index (κ2) is 4.24. The third-order valence-corrected chi connectivity index (χ3v) is 3.74. The number of aryl methyl sites for hydroxylation is 1. The summed E-state index contributed by atoms with van der Waals surface area (Å²) in [6.07, 6.45) is 0. The van der Waals surface area contributed by atoms with Crippen LogP contribution in [0.25, 0.3) is 33.1 Å². The highest BCUT2D eigenvalue weighted by molar-refractivity contribution is 6.09. The Hall–Kier alpha value is -2.54. The van der Waals surface area contributed by atoms with Crippen molar-refractivity contribution in [1.29, 1.82) is 0 Å². The average molecular weight is 258 g/mol. The van der Waals surface area contributed by atoms with Crippen LogP contribution in [0.3, 0.4) is 0 Å². The summed E-state index contributed by atoms with van der Waals surface area (Å²) in [6.45, 7) is 2.11. The lowest BCUT2D eigenvalue weighted by atomic mass is 10.0. The van der Waals surface area contributed by atoms with Crippen molar-refractivity contribution in [2.45, 2.75) is 6.92 Å². The number of fused-ring (bicyclic) bond motifs is 3. The van der Waals surface area contributed by atoms with Crippen molar-refractivity contribution in [3.8, 4) is 11.1 Å². The van der Waals surface area contributed by atoms with E-state index in [2.05, 4.69) is 67.6 Å². The number of hydrogen-bond acceptors (Lipinski definition) is 1. The standard InChI is InChI=1S/C19H14O/c1-13-10-11-18-17(12-13)16-9-5-8-15(19(16)20-18)14-6-3-2-4-7-14/h2-12H,1H3. The van der Waals surface area contributed by atoms with E-state index in [0.717, 1.165) is 16.7 Å². The fourth-order valence-corrected chi connectivity index (χ4v) is 2.76. The van der Waals surface area contributed by atoms with Gasteiger partial charge in [-0.15, -0.1) is 0 Å². The maximum Gasteiger partial charge on any atom is 0.143 e. The molecule has 0 bridgehead atoms. The molecular weight excluding hydrogens is 244 g/mol. The van der Waals surface area contributed by atoms with Gasteiger partial charge in [-0.25, -0.2) is 0 Å². The van der Waals surface area contributed by atoms with Gasteiger partial charge in [-0.05, 0) is 24.6 Å². The lowest BCUT2D eigenvalue weighted by Crippen LogP contribution is -1.77. The minimum Gasteiger partial charge on any atom is -0.455 e. The van der Waals surface area contributed by atoms with Crippen molar-refractivity contribution in [3.63, 3.8) is 0 Å². The molecule has 96 valence electrons. The largest absolute Gasteiger partial charge is 0.455 e. The fourth-order valence-electron chi connectivity index (χ4n) is 2.76. The van der Waals surface area contributed by atoms with Crippen LogP contribution in [0.5, 0.6) is 0 Å². The highest BCUT2D eigenvalue weighted by Gasteiger charge is 2.11. The van der Waals surface area contributed by atoms with E-state index in [0.29, 0.717) is 0 Å². The van der Waals surface area contributed by atoms with Crippen LogP contribution in [-0.2, 0) is 0 Å². The van der Waals surface area contributed by atoms with E-state index < -0.39 is 0 Å². The van der Waals surface area contributed by atoms with Crippen LogP contribution in [0, 0.1) is 6.92 Å². The Morgan fingerprint density at radius 2 is 1.60 bits per heavy atom. The summed E-state index contributed by atoms with van der Waals surface area (Å²) in [7, 11) is 0. The normalized spacial score (nSPS) is 11.2. The van der Waals surface area contributed by atoms with E-state index in [4.69, 9.17) is 4.42 Å². The van der Waals surface area contributed by atoms with Crippen LogP contribution in [0.2, 0.25) is 0 Å². The van der Waals surface area contributed by atoms with E-state index in [9.17, 15) is 0 Å². The van der Waals surface area contributed by atoms with Gasteiger partial charge in [0.15, 0.2) is 0 Å². The van der Waals surface area contributed by atoms with Gasteiger partial charge >= 0.3 is 0 Å². The molecule has 4 rings (SSSR count). The molecule has 1 heteroatoms. The van der Waals surface area contributed by atoms with Crippen LogP contribution >= 0.6 is 0 Å². The van der Waals surface area contributed by atoms with Crippen LogP contribution in [-0.4, -0.2) is 0 Å². The molecule has 3 aromatic carbocycles. The number of para-hydroxylation sites is 1. The summed E-state index contributed by atoms with van der Waals surface area (Å²) in [5.41, 5.74) is 5.52. The third kappa shape index (κ3) is 1.64. The van der Waals surface area contributed by atoms with Gasteiger partial charge in [-0.1, -0.05) is 60.2 Å². The van der Waals surface area contributed by atoms with E-state index in [-0.39, 0.29) is 0 Å². The predicted octanol–water partition coefficient (Wildman–Crippen LogP) is 5.56. The molecule has 0 unspecified atom stereocenters. The molecule has 1 nitrogen and oxygen atoms in total. The predicted molar refractivity (Wildman–Crippen MR) is 83.9 cm³/mol. The number of hydrogen-bond donors (Lipinski definition) is 0. The van der Waals surface area contributed by atoms with Crippen molar-refractivity contribution in [2.75, 3.05) is 0 Å². The minimum atomic E-state index is 0.953. The lowest BCUT2D eigenvalue weighted by Gasteiger charge is -2.01. The number of furan rings is 1. The van der Waals surface area contributed by atoms with Gasteiger partial charge in [-0.2, -0.15) is 0 Å². The molecule has 20 heavy (non-hydrogen) atoms. The summed E-state index contributed by atoms with van der Waals surface area (Å²) < 4.78 is 6.09. The first-order valence-electron chi connectivity index (χ1n) is 6.80. The Labute approximate surface area is 117 Å². The molecule has 0 spiro atoms. The number of rotatable bonds is 1. The monoisotopic (exact) mass is 258 g/mol. The maximum absolute atomic E-state index is 6.09. The van der Waals surface area contributed by atoms with Crippen molar-refractivity contribution in [1.82, 2.24) is 0 Å². The summed E-state index contributed by atoms with van der Waals surface area (Å²) in [6, 6.07) is 23.1. The van der Waals surface area contributed by atoms with Crippen LogP contribution < -0.4 is 0 Å². The highest BCUT2D eigenvalue weighted by atomic mass is 16.3. The SMILES string of the molecule is Cc1ccc2oc3c(-c4ccccc4)cccc3c2c1. The zero-order chi connectivity index (χ0) is 13.5. The first-order valence-corrected chi connectivity index (χ1v) is 6.80. The Morgan fingerprint density at radius 1 is 0.750 bits per heavy atom. The van der Waals surface area contributed by atoms with E-state index in [1.807, 2.05) is 6.07 Å². The van der Waals surface area contributed by atoms with Crippen molar-refractivity contribution in [2.24, 2.45) is 0 Å². The molecule has 0 amide bonds. The van der Waals surface area contributed by atoms with Crippen molar-refractivity contribution >= 4 is 21.9 Å². The Balaban J connectivity index is 2.11. The quantitative estimate of drug-likeness (QED) is 0.435. The van der Waals surface area contributed by atoms with E-state index >= 15 is 0 Å². The van der Waals surface area contributed by atoms with Gasteiger partial charge in [0.05, 0.1) is 0 Å². The Bertz CT molecular complexity index is 901. The number of benzene rings is 3. The van der Waals surface area contributed by atoms with Gasteiger partial charge in [0, 0.05) is 16.3 Å². The van der Waals surface area contributed by atoms with Crippen LogP contribution in [0.4, 0.5) is 0 Å². The van der Waals surface area contributed by atoms with Crippen LogP contribution in [0.1, 0.15) is 5.56 Å². The highest BCUT2D eigenvalue weighted by Crippen LogP contribution is 2.35. The molecule has 0 aliphatic heterocycles. The topological polar surface area (TPSA) is 13.1 Å². The molecule has 0 N–H and O–H groups in total. The molecular formula is C19H14O. The summed E-state index contributed by atoms with van der Waals surface area (Å²) in [5.74, 6) is 0. The van der Waals surface area contributed by atoms with Crippen LogP contribution in [0.15, 0.2) is 71.1 Å². The van der Waals surface area contributed by atoms with E-state index in [1.165, 1.54) is 21.9 Å². The first kappa shape index (κ1) is 11.3. The molecule has 0 saturated heterocycles. The Morgan fingerprint density at radius 3 is 2.45 bits per heavy atom. The fraction of sp³-hybridized carbons (Fsp3) is 0.0526. The van der Waals surface area contributed by atoms with Gasteiger partial charge in [-0.3, -0.25) is 0 Å². The summed E-state index contributed by atoms with van der Waals surface area (Å²) in [4.78, 5) is 0. The van der Waals surface area contributed by atoms with E-state index in [1.54, 1.807) is 0 Å².